The van der Waals surface area contributed by atoms with Gasteiger partial charge in [-0.2, -0.15) is 0 Å². The highest BCUT2D eigenvalue weighted by atomic mass is 16.5. The Balaban J connectivity index is 2.56. The molecule has 0 heterocycles. The van der Waals surface area contributed by atoms with Crippen LogP contribution in [-0.2, 0) is 16.1 Å². The summed E-state index contributed by atoms with van der Waals surface area (Å²) in [7, 11) is 0. The second-order valence-corrected chi connectivity index (χ2v) is 3.16. The molecule has 0 amide bonds. The molecule has 0 saturated carbocycles. The molecule has 0 fully saturated rings. The standard InChI is InChI=1S/C12H9O3/c13-8-15-7-9-5-6-12(14)11-4-2-1-3-10(9)11/h1-6,14H,7H2. The van der Waals surface area contributed by atoms with Gasteiger partial charge in [-0.3, -0.25) is 0 Å². The van der Waals surface area contributed by atoms with Crippen LogP contribution < -0.4 is 0 Å². The van der Waals surface area contributed by atoms with Crippen molar-refractivity contribution in [2.75, 3.05) is 0 Å². The first-order valence-electron chi connectivity index (χ1n) is 4.51. The van der Waals surface area contributed by atoms with Crippen LogP contribution in [0.15, 0.2) is 36.4 Å². The Kier molecular flexibility index (Phi) is 2.54. The number of phenols is 1. The van der Waals surface area contributed by atoms with E-state index < -0.39 is 0 Å². The van der Waals surface area contributed by atoms with E-state index in [1.54, 1.807) is 12.1 Å². The van der Waals surface area contributed by atoms with E-state index in [2.05, 4.69) is 4.74 Å². The zero-order valence-electron chi connectivity index (χ0n) is 7.93. The lowest BCUT2D eigenvalue weighted by Gasteiger charge is -2.06. The van der Waals surface area contributed by atoms with Crippen molar-refractivity contribution >= 4 is 17.2 Å². The van der Waals surface area contributed by atoms with Gasteiger partial charge in [-0.1, -0.05) is 30.3 Å². The van der Waals surface area contributed by atoms with E-state index in [4.69, 9.17) is 0 Å². The van der Waals surface area contributed by atoms with Crippen LogP contribution >= 0.6 is 0 Å². The molecule has 0 saturated heterocycles. The summed E-state index contributed by atoms with van der Waals surface area (Å²) >= 11 is 0. The van der Waals surface area contributed by atoms with Crippen molar-refractivity contribution in [2.45, 2.75) is 6.61 Å². The number of hydrogen-bond acceptors (Lipinski definition) is 3. The van der Waals surface area contributed by atoms with Crippen LogP contribution in [0.1, 0.15) is 5.56 Å². The molecule has 75 valence electrons. The predicted molar refractivity (Wildman–Crippen MR) is 56.1 cm³/mol. The minimum atomic E-state index is 0.171. The van der Waals surface area contributed by atoms with E-state index in [-0.39, 0.29) is 12.4 Å². The molecule has 0 spiro atoms. The topological polar surface area (TPSA) is 46.5 Å². The average Bonchev–Trinajstić information content (AvgIpc) is 2.29. The molecule has 3 nitrogen and oxygen atoms in total. The van der Waals surface area contributed by atoms with Crippen molar-refractivity contribution in [2.24, 2.45) is 0 Å². The molecule has 2 rings (SSSR count). The maximum atomic E-state index is 9.98. The van der Waals surface area contributed by atoms with E-state index in [0.717, 1.165) is 16.3 Å². The lowest BCUT2D eigenvalue weighted by atomic mass is 10.0. The van der Waals surface area contributed by atoms with Crippen LogP contribution in [0.5, 0.6) is 5.75 Å². The van der Waals surface area contributed by atoms with Crippen molar-refractivity contribution in [1.82, 2.24) is 0 Å². The van der Waals surface area contributed by atoms with E-state index in [9.17, 15) is 9.90 Å². The first kappa shape index (κ1) is 9.52. The normalized spacial score (nSPS) is 10.1. The molecule has 2 aromatic rings. The Morgan fingerprint density at radius 3 is 2.60 bits per heavy atom. The summed E-state index contributed by atoms with van der Waals surface area (Å²) in [5.74, 6) is 0.226. The fourth-order valence-electron chi connectivity index (χ4n) is 1.58. The number of rotatable bonds is 3. The summed E-state index contributed by atoms with van der Waals surface area (Å²) in [5, 5.41) is 11.2. The maximum Gasteiger partial charge on any atom is 0.417 e. The van der Waals surface area contributed by atoms with Gasteiger partial charge in [0.2, 0.25) is 0 Å². The van der Waals surface area contributed by atoms with Gasteiger partial charge in [-0.15, -0.1) is 0 Å². The van der Waals surface area contributed by atoms with Crippen LogP contribution in [0, 0.1) is 0 Å². The zero-order valence-corrected chi connectivity index (χ0v) is 7.93. The SMILES string of the molecule is O=[C]OCc1ccc(O)c2ccccc12. The maximum absolute atomic E-state index is 9.98. The first-order chi connectivity index (χ1) is 7.33. The number of benzene rings is 2. The van der Waals surface area contributed by atoms with Crippen molar-refractivity contribution in [1.29, 1.82) is 0 Å². The highest BCUT2D eigenvalue weighted by Gasteiger charge is 2.04. The largest absolute Gasteiger partial charge is 0.507 e. The minimum absolute atomic E-state index is 0.171. The lowest BCUT2D eigenvalue weighted by molar-refractivity contribution is 0.268. The Morgan fingerprint density at radius 2 is 1.87 bits per heavy atom. The summed E-state index contributed by atoms with van der Waals surface area (Å²) in [5.41, 5.74) is 0.853. The summed E-state index contributed by atoms with van der Waals surface area (Å²) in [4.78, 5) is 9.98. The molecule has 3 heteroatoms. The van der Waals surface area contributed by atoms with Gasteiger partial charge in [-0.05, 0) is 17.0 Å². The molecule has 2 aromatic carbocycles. The number of carbonyl (C=O) groups excluding carboxylic acids is 1. The predicted octanol–water partition coefficient (Wildman–Crippen LogP) is 2.13. The van der Waals surface area contributed by atoms with Crippen molar-refractivity contribution in [3.63, 3.8) is 0 Å². The first-order valence-corrected chi connectivity index (χ1v) is 4.51. The van der Waals surface area contributed by atoms with E-state index >= 15 is 0 Å². The zero-order chi connectivity index (χ0) is 10.7. The van der Waals surface area contributed by atoms with Crippen LogP contribution in [0.2, 0.25) is 0 Å². The minimum Gasteiger partial charge on any atom is -0.507 e. The number of fused-ring (bicyclic) bond motifs is 1. The van der Waals surface area contributed by atoms with E-state index in [0.29, 0.717) is 0 Å². The number of ether oxygens (including phenoxy) is 1. The van der Waals surface area contributed by atoms with Gasteiger partial charge in [-0.25, -0.2) is 4.79 Å². The second kappa shape index (κ2) is 4.00. The molecule has 0 aliphatic rings. The lowest BCUT2D eigenvalue weighted by Crippen LogP contribution is -1.91. The molecule has 1 N–H and O–H groups in total. The van der Waals surface area contributed by atoms with Crippen molar-refractivity contribution in [3.05, 3.63) is 42.0 Å². The van der Waals surface area contributed by atoms with Crippen LogP contribution in [0.3, 0.4) is 0 Å². The fraction of sp³-hybridized carbons (Fsp3) is 0.0833. The third-order valence-corrected chi connectivity index (χ3v) is 2.28. The Hall–Kier alpha value is -2.03. The summed E-state index contributed by atoms with van der Waals surface area (Å²) in [6.07, 6.45) is 0. The van der Waals surface area contributed by atoms with Gasteiger partial charge in [0.15, 0.2) is 0 Å². The van der Waals surface area contributed by atoms with Crippen LogP contribution in [-0.4, -0.2) is 11.6 Å². The smallest absolute Gasteiger partial charge is 0.417 e. The number of phenolic OH excluding ortho intramolecular Hbond substituents is 1. The average molecular weight is 201 g/mol. The summed E-state index contributed by atoms with van der Waals surface area (Å²) in [6.45, 7) is 1.55. The van der Waals surface area contributed by atoms with Crippen molar-refractivity contribution in [3.8, 4) is 5.75 Å². The Morgan fingerprint density at radius 1 is 1.13 bits per heavy atom. The molecule has 0 unspecified atom stereocenters. The number of aromatic hydroxyl groups is 1. The third-order valence-electron chi connectivity index (χ3n) is 2.28. The molecule has 0 atom stereocenters. The summed E-state index contributed by atoms with van der Waals surface area (Å²) in [6, 6.07) is 10.7. The quantitative estimate of drug-likeness (QED) is 0.827. The van der Waals surface area contributed by atoms with Crippen LogP contribution in [0.25, 0.3) is 10.8 Å². The molecule has 0 aliphatic heterocycles. The van der Waals surface area contributed by atoms with Gasteiger partial charge in [0.25, 0.3) is 0 Å². The third kappa shape index (κ3) is 1.76. The van der Waals surface area contributed by atoms with Crippen molar-refractivity contribution < 1.29 is 14.6 Å². The van der Waals surface area contributed by atoms with Gasteiger partial charge in [0.1, 0.15) is 12.4 Å². The second-order valence-electron chi connectivity index (χ2n) is 3.16. The molecular formula is C12H9O3. The van der Waals surface area contributed by atoms with Crippen LogP contribution in [0.4, 0.5) is 0 Å². The molecule has 0 aliphatic carbocycles. The molecule has 15 heavy (non-hydrogen) atoms. The summed E-state index contributed by atoms with van der Waals surface area (Å²) < 4.78 is 4.58. The van der Waals surface area contributed by atoms with E-state index in [1.807, 2.05) is 24.3 Å². The number of hydrogen-bond donors (Lipinski definition) is 1. The van der Waals surface area contributed by atoms with Gasteiger partial charge >= 0.3 is 6.47 Å². The monoisotopic (exact) mass is 201 g/mol. The highest BCUT2D eigenvalue weighted by Crippen LogP contribution is 2.27. The van der Waals surface area contributed by atoms with Gasteiger partial charge < -0.3 is 9.84 Å². The van der Waals surface area contributed by atoms with E-state index in [1.165, 1.54) is 6.47 Å². The highest BCUT2D eigenvalue weighted by molar-refractivity contribution is 5.90. The molecular weight excluding hydrogens is 192 g/mol. The van der Waals surface area contributed by atoms with Gasteiger partial charge in [0.05, 0.1) is 0 Å². The van der Waals surface area contributed by atoms with Gasteiger partial charge in [0, 0.05) is 5.39 Å². The fourth-order valence-corrected chi connectivity index (χ4v) is 1.58. The Bertz CT molecular complexity index is 491. The molecule has 0 bridgehead atoms. The Labute approximate surface area is 86.9 Å². The molecule has 1 radical (unpaired) electrons. The molecule has 0 aromatic heterocycles.